The summed E-state index contributed by atoms with van der Waals surface area (Å²) in [6.07, 6.45) is 0. The van der Waals surface area contributed by atoms with Crippen LogP contribution >= 0.6 is 0 Å². The van der Waals surface area contributed by atoms with Gasteiger partial charge in [-0.3, -0.25) is 0 Å². The lowest BCUT2D eigenvalue weighted by atomic mass is 9.92. The van der Waals surface area contributed by atoms with Gasteiger partial charge in [-0.25, -0.2) is 4.85 Å². The van der Waals surface area contributed by atoms with Crippen molar-refractivity contribution >= 4 is 49.3 Å². The van der Waals surface area contributed by atoms with Gasteiger partial charge < -0.3 is 9.13 Å². The zero-order valence-corrected chi connectivity index (χ0v) is 25.8. The Morgan fingerprint density at radius 3 is 1.81 bits per heavy atom. The van der Waals surface area contributed by atoms with Gasteiger partial charge in [0.25, 0.3) is 0 Å². The Balaban J connectivity index is 1.28. The summed E-state index contributed by atoms with van der Waals surface area (Å²) in [6.45, 7) is 7.89. The molecule has 48 heavy (non-hydrogen) atoms. The summed E-state index contributed by atoms with van der Waals surface area (Å²) >= 11 is 0. The van der Waals surface area contributed by atoms with E-state index < -0.39 is 0 Å². The van der Waals surface area contributed by atoms with Crippen molar-refractivity contribution in [2.75, 3.05) is 0 Å². The smallest absolute Gasteiger partial charge is 0.187 e. The quantitative estimate of drug-likeness (QED) is 0.183. The largest absolute Gasteiger partial charge is 0.309 e. The molecule has 4 heteroatoms. The molecule has 0 N–H and O–H groups in total. The van der Waals surface area contributed by atoms with E-state index in [-0.39, 0.29) is 0 Å². The Kier molecular flexibility index (Phi) is 6.22. The van der Waals surface area contributed by atoms with Crippen LogP contribution in [-0.2, 0) is 0 Å². The molecule has 7 aromatic carbocycles. The highest BCUT2D eigenvalue weighted by molar-refractivity contribution is 6.11. The van der Waals surface area contributed by atoms with Gasteiger partial charge >= 0.3 is 0 Å². The first-order valence-electron chi connectivity index (χ1n) is 15.9. The average Bonchev–Trinajstić information content (AvgIpc) is 3.67. The second-order valence-corrected chi connectivity index (χ2v) is 12.0. The van der Waals surface area contributed by atoms with Crippen LogP contribution in [0.25, 0.3) is 82.1 Å². The van der Waals surface area contributed by atoms with E-state index >= 15 is 0 Å². The summed E-state index contributed by atoms with van der Waals surface area (Å²) in [5, 5.41) is 14.2. The van der Waals surface area contributed by atoms with E-state index in [1.807, 2.05) is 36.4 Å². The number of aromatic nitrogens is 2. The van der Waals surface area contributed by atoms with Gasteiger partial charge in [-0.2, -0.15) is 5.26 Å². The first-order valence-corrected chi connectivity index (χ1v) is 15.9. The van der Waals surface area contributed by atoms with E-state index in [2.05, 4.69) is 141 Å². The monoisotopic (exact) mass is 610 g/mol. The van der Waals surface area contributed by atoms with Gasteiger partial charge in [-0.05, 0) is 77.4 Å². The molecule has 222 valence electrons. The predicted octanol–water partition coefficient (Wildman–Crippen LogP) is 11.6. The summed E-state index contributed by atoms with van der Waals surface area (Å²) in [5.74, 6) is 0. The molecule has 0 spiro atoms. The van der Waals surface area contributed by atoms with Gasteiger partial charge in [0.05, 0.1) is 46.0 Å². The van der Waals surface area contributed by atoms with E-state index in [4.69, 9.17) is 6.57 Å². The second kappa shape index (κ2) is 10.9. The Hall–Kier alpha value is -6.88. The average molecular weight is 611 g/mol. The number of fused-ring (bicyclic) bond motifs is 6. The maximum atomic E-state index is 9.62. The number of nitriles is 1. The zero-order valence-electron chi connectivity index (χ0n) is 25.8. The van der Waals surface area contributed by atoms with Crippen molar-refractivity contribution in [2.24, 2.45) is 0 Å². The number of para-hydroxylation sites is 4. The molecule has 4 nitrogen and oxygen atoms in total. The summed E-state index contributed by atoms with van der Waals surface area (Å²) in [4.78, 5) is 3.84. The van der Waals surface area contributed by atoms with Crippen molar-refractivity contribution in [1.82, 2.24) is 9.13 Å². The highest BCUT2D eigenvalue weighted by Gasteiger charge is 2.19. The summed E-state index contributed by atoms with van der Waals surface area (Å²) < 4.78 is 4.62. The molecule has 0 aliphatic carbocycles. The Labute approximate surface area is 277 Å². The molecule has 0 amide bonds. The first-order chi connectivity index (χ1) is 23.7. The predicted molar refractivity (Wildman–Crippen MR) is 197 cm³/mol. The van der Waals surface area contributed by atoms with Crippen LogP contribution in [-0.4, -0.2) is 9.13 Å². The highest BCUT2D eigenvalue weighted by Crippen LogP contribution is 2.42. The van der Waals surface area contributed by atoms with Crippen LogP contribution in [0.1, 0.15) is 5.56 Å². The van der Waals surface area contributed by atoms with Crippen molar-refractivity contribution < 1.29 is 0 Å². The lowest BCUT2D eigenvalue weighted by molar-refractivity contribution is 1.18. The number of hydrogen-bond donors (Lipinski definition) is 0. The molecule has 9 aromatic rings. The molecule has 0 aliphatic rings. The Morgan fingerprint density at radius 1 is 0.479 bits per heavy atom. The van der Waals surface area contributed by atoms with Gasteiger partial charge in [0.1, 0.15) is 0 Å². The minimum absolute atomic E-state index is 0.595. The fraction of sp³-hybridized carbons (Fsp3) is 0. The van der Waals surface area contributed by atoms with E-state index in [1.54, 1.807) is 0 Å². The first kappa shape index (κ1) is 27.4. The fourth-order valence-electron chi connectivity index (χ4n) is 7.29. The van der Waals surface area contributed by atoms with Gasteiger partial charge in [-0.1, -0.05) is 97.1 Å². The third kappa shape index (κ3) is 4.14. The standard InChI is InChI=1S/C44H26N4/c1-46-31-22-23-33(30-11-10-12-32(26-30)47-40-17-6-5-16-37(40)39-25-29(28-45)21-24-44(39)47)38(27-31)36-15-4-9-20-43(36)48-41-18-7-2-13-34(41)35-14-3-8-19-42(35)48/h2-27H. The highest BCUT2D eigenvalue weighted by atomic mass is 15.0. The summed E-state index contributed by atoms with van der Waals surface area (Å²) in [5.41, 5.74) is 11.9. The topological polar surface area (TPSA) is 38.0 Å². The van der Waals surface area contributed by atoms with Crippen LogP contribution < -0.4 is 0 Å². The second-order valence-electron chi connectivity index (χ2n) is 12.0. The maximum absolute atomic E-state index is 9.62. The molecule has 0 fully saturated rings. The molecule has 0 saturated heterocycles. The van der Waals surface area contributed by atoms with Gasteiger partial charge in [0.2, 0.25) is 0 Å². The minimum Gasteiger partial charge on any atom is -0.309 e. The SMILES string of the molecule is [C-]#[N+]c1ccc(-c2cccc(-n3c4ccccc4c4cc(C#N)ccc43)c2)c(-c2ccccc2-n2c3ccccc3c3ccccc32)c1. The molecule has 2 aromatic heterocycles. The van der Waals surface area contributed by atoms with Crippen molar-refractivity contribution in [2.45, 2.75) is 0 Å². The fourth-order valence-corrected chi connectivity index (χ4v) is 7.29. The number of rotatable bonds is 4. The summed E-state index contributed by atoms with van der Waals surface area (Å²) in [7, 11) is 0. The molecule has 0 saturated carbocycles. The molecular weight excluding hydrogens is 585 g/mol. The summed E-state index contributed by atoms with van der Waals surface area (Å²) in [6, 6.07) is 56.7. The Morgan fingerprint density at radius 2 is 1.10 bits per heavy atom. The third-order valence-corrected chi connectivity index (χ3v) is 9.36. The molecule has 9 rings (SSSR count). The zero-order chi connectivity index (χ0) is 32.2. The lowest BCUT2D eigenvalue weighted by Gasteiger charge is -2.18. The van der Waals surface area contributed by atoms with E-state index in [0.29, 0.717) is 11.3 Å². The van der Waals surface area contributed by atoms with Crippen molar-refractivity contribution in [3.05, 3.63) is 175 Å². The number of hydrogen-bond acceptors (Lipinski definition) is 1. The Bertz CT molecular complexity index is 2760. The van der Waals surface area contributed by atoms with Crippen molar-refractivity contribution in [1.29, 1.82) is 5.26 Å². The van der Waals surface area contributed by atoms with Crippen LogP contribution in [0.15, 0.2) is 158 Å². The third-order valence-electron chi connectivity index (χ3n) is 9.36. The van der Waals surface area contributed by atoms with Crippen LogP contribution in [0, 0.1) is 17.9 Å². The molecule has 0 atom stereocenters. The molecule has 0 bridgehead atoms. The van der Waals surface area contributed by atoms with Gasteiger partial charge in [0.15, 0.2) is 5.69 Å². The molecule has 2 heterocycles. The van der Waals surface area contributed by atoms with Crippen molar-refractivity contribution in [3.63, 3.8) is 0 Å². The van der Waals surface area contributed by atoms with Crippen molar-refractivity contribution in [3.8, 4) is 39.7 Å². The van der Waals surface area contributed by atoms with Crippen LogP contribution in [0.5, 0.6) is 0 Å². The minimum atomic E-state index is 0.595. The maximum Gasteiger partial charge on any atom is 0.187 e. The van der Waals surface area contributed by atoms with Crippen LogP contribution in [0.4, 0.5) is 5.69 Å². The van der Waals surface area contributed by atoms with E-state index in [0.717, 1.165) is 66.5 Å². The lowest BCUT2D eigenvalue weighted by Crippen LogP contribution is -1.98. The normalized spacial score (nSPS) is 11.3. The van der Waals surface area contributed by atoms with Gasteiger partial charge in [0, 0.05) is 32.8 Å². The van der Waals surface area contributed by atoms with Gasteiger partial charge in [-0.15, -0.1) is 0 Å². The molecular formula is C44H26N4. The van der Waals surface area contributed by atoms with Crippen LogP contribution in [0.2, 0.25) is 0 Å². The molecule has 0 aliphatic heterocycles. The van der Waals surface area contributed by atoms with Crippen LogP contribution in [0.3, 0.4) is 0 Å². The molecule has 0 radical (unpaired) electrons. The number of benzene rings is 7. The number of nitrogens with zero attached hydrogens (tertiary/aromatic N) is 4. The molecule has 0 unspecified atom stereocenters. The van der Waals surface area contributed by atoms with E-state index in [9.17, 15) is 5.26 Å². The van der Waals surface area contributed by atoms with E-state index in [1.165, 1.54) is 10.8 Å².